The van der Waals surface area contributed by atoms with Crippen LogP contribution in [0.1, 0.15) is 31.0 Å². The van der Waals surface area contributed by atoms with Gasteiger partial charge in [0.05, 0.1) is 17.7 Å². The maximum absolute atomic E-state index is 12.9. The zero-order valence-electron chi connectivity index (χ0n) is 17.8. The lowest BCUT2D eigenvalue weighted by molar-refractivity contribution is -0.140. The van der Waals surface area contributed by atoms with Gasteiger partial charge in [-0.2, -0.15) is 0 Å². The molecule has 1 aliphatic rings. The molecule has 0 saturated carbocycles. The van der Waals surface area contributed by atoms with Crippen LogP contribution in [0.2, 0.25) is 0 Å². The Morgan fingerprint density at radius 2 is 1.70 bits per heavy atom. The lowest BCUT2D eigenvalue weighted by Crippen LogP contribution is -2.35. The fourth-order valence-electron chi connectivity index (χ4n) is 3.52. The fourth-order valence-corrected chi connectivity index (χ4v) is 3.52. The van der Waals surface area contributed by atoms with E-state index in [2.05, 4.69) is 0 Å². The molecule has 2 aromatic rings. The van der Waals surface area contributed by atoms with Crippen LogP contribution in [0.4, 0.5) is 0 Å². The SMILES string of the molecule is CC(C)Oc1ccc([C@H]2C(=C(O)c3ccccc3)C(=O)C(=O)N2CCN(C)C)cc1. The lowest BCUT2D eigenvalue weighted by Gasteiger charge is -2.26. The first-order chi connectivity index (χ1) is 14.3. The van der Waals surface area contributed by atoms with Gasteiger partial charge in [0.1, 0.15) is 11.5 Å². The van der Waals surface area contributed by atoms with Crippen molar-refractivity contribution in [1.82, 2.24) is 9.80 Å². The molecule has 1 saturated heterocycles. The second-order valence-corrected chi connectivity index (χ2v) is 7.90. The van der Waals surface area contributed by atoms with Gasteiger partial charge in [-0.3, -0.25) is 9.59 Å². The Kier molecular flexibility index (Phi) is 6.57. The highest BCUT2D eigenvalue weighted by atomic mass is 16.5. The van der Waals surface area contributed by atoms with E-state index in [1.165, 1.54) is 4.90 Å². The Labute approximate surface area is 177 Å². The number of hydrogen-bond acceptors (Lipinski definition) is 5. The number of aliphatic hydroxyl groups is 1. The number of Topliss-reactive ketones (excluding diaryl/α,β-unsaturated/α-hetero) is 1. The summed E-state index contributed by atoms with van der Waals surface area (Å²) in [6, 6.07) is 15.5. The maximum atomic E-state index is 12.9. The van der Waals surface area contributed by atoms with E-state index in [0.717, 1.165) is 5.56 Å². The van der Waals surface area contributed by atoms with Crippen molar-refractivity contribution in [2.75, 3.05) is 27.2 Å². The van der Waals surface area contributed by atoms with Crippen LogP contribution in [0.3, 0.4) is 0 Å². The lowest BCUT2D eigenvalue weighted by atomic mass is 9.95. The van der Waals surface area contributed by atoms with Gasteiger partial charge >= 0.3 is 0 Å². The number of hydrogen-bond donors (Lipinski definition) is 1. The molecule has 0 aromatic heterocycles. The zero-order chi connectivity index (χ0) is 21.8. The highest BCUT2D eigenvalue weighted by molar-refractivity contribution is 6.46. The van der Waals surface area contributed by atoms with E-state index in [4.69, 9.17) is 4.74 Å². The summed E-state index contributed by atoms with van der Waals surface area (Å²) >= 11 is 0. The van der Waals surface area contributed by atoms with E-state index in [1.807, 2.05) is 63.2 Å². The molecule has 1 aliphatic heterocycles. The van der Waals surface area contributed by atoms with E-state index in [9.17, 15) is 14.7 Å². The molecule has 3 rings (SSSR count). The van der Waals surface area contributed by atoms with Gasteiger partial charge in [0.15, 0.2) is 0 Å². The number of carbonyl (C=O) groups is 2. The third-order valence-electron chi connectivity index (χ3n) is 4.94. The fraction of sp³-hybridized carbons (Fsp3) is 0.333. The predicted molar refractivity (Wildman–Crippen MR) is 116 cm³/mol. The van der Waals surface area contributed by atoms with E-state index in [0.29, 0.717) is 24.4 Å². The van der Waals surface area contributed by atoms with Crippen molar-refractivity contribution in [2.24, 2.45) is 0 Å². The Hall–Kier alpha value is -3.12. The molecule has 158 valence electrons. The number of ketones is 1. The standard InChI is InChI=1S/C24H28N2O4/c1-16(2)30-19-12-10-17(11-13-19)21-20(22(27)18-8-6-5-7-9-18)23(28)24(29)26(21)15-14-25(3)4/h5-13,16,21,27H,14-15H2,1-4H3/t21-/m0/s1. The van der Waals surface area contributed by atoms with Gasteiger partial charge in [0.2, 0.25) is 0 Å². The van der Waals surface area contributed by atoms with Crippen LogP contribution >= 0.6 is 0 Å². The summed E-state index contributed by atoms with van der Waals surface area (Å²) in [4.78, 5) is 29.3. The minimum Gasteiger partial charge on any atom is -0.507 e. The molecule has 0 unspecified atom stereocenters. The van der Waals surface area contributed by atoms with Crippen molar-refractivity contribution in [3.63, 3.8) is 0 Å². The number of amides is 1. The third kappa shape index (κ3) is 4.54. The van der Waals surface area contributed by atoms with E-state index in [1.54, 1.807) is 24.3 Å². The normalized spacial score (nSPS) is 18.5. The Morgan fingerprint density at radius 3 is 2.27 bits per heavy atom. The number of benzene rings is 2. The molecule has 2 aromatic carbocycles. The summed E-state index contributed by atoms with van der Waals surface area (Å²) in [5.41, 5.74) is 1.37. The molecule has 1 fully saturated rings. The monoisotopic (exact) mass is 408 g/mol. The second-order valence-electron chi connectivity index (χ2n) is 7.90. The number of nitrogens with zero attached hydrogens (tertiary/aromatic N) is 2. The highest BCUT2D eigenvalue weighted by Crippen LogP contribution is 2.39. The molecule has 0 aliphatic carbocycles. The summed E-state index contributed by atoms with van der Waals surface area (Å²) < 4.78 is 5.71. The first kappa shape index (κ1) is 21.6. The quantitative estimate of drug-likeness (QED) is 0.432. The predicted octanol–water partition coefficient (Wildman–Crippen LogP) is 3.46. The van der Waals surface area contributed by atoms with Crippen LogP contribution < -0.4 is 4.74 Å². The van der Waals surface area contributed by atoms with Crippen molar-refractivity contribution in [2.45, 2.75) is 26.0 Å². The van der Waals surface area contributed by atoms with Crippen molar-refractivity contribution in [3.05, 3.63) is 71.3 Å². The molecular weight excluding hydrogens is 380 g/mol. The first-order valence-electron chi connectivity index (χ1n) is 10.0. The smallest absolute Gasteiger partial charge is 0.295 e. The first-order valence-corrected chi connectivity index (χ1v) is 10.0. The number of rotatable bonds is 7. The van der Waals surface area contributed by atoms with Crippen LogP contribution in [0.5, 0.6) is 5.75 Å². The average molecular weight is 408 g/mol. The molecule has 0 spiro atoms. The topological polar surface area (TPSA) is 70.1 Å². The average Bonchev–Trinajstić information content (AvgIpc) is 2.97. The maximum Gasteiger partial charge on any atom is 0.295 e. The number of likely N-dealkylation sites (tertiary alicyclic amines) is 1. The van der Waals surface area contributed by atoms with E-state index in [-0.39, 0.29) is 17.4 Å². The van der Waals surface area contributed by atoms with Crippen LogP contribution in [-0.4, -0.2) is 59.9 Å². The molecule has 30 heavy (non-hydrogen) atoms. The van der Waals surface area contributed by atoms with Crippen molar-refractivity contribution >= 4 is 17.4 Å². The van der Waals surface area contributed by atoms with Crippen LogP contribution in [0.25, 0.3) is 5.76 Å². The minimum absolute atomic E-state index is 0.0413. The number of ether oxygens (including phenoxy) is 1. The Balaban J connectivity index is 2.07. The van der Waals surface area contributed by atoms with Gasteiger partial charge in [-0.15, -0.1) is 0 Å². The second kappa shape index (κ2) is 9.13. The summed E-state index contributed by atoms with van der Waals surface area (Å²) in [6.07, 6.45) is 0.0413. The van der Waals surface area contributed by atoms with Gasteiger partial charge in [-0.05, 0) is 45.6 Å². The zero-order valence-corrected chi connectivity index (χ0v) is 17.8. The van der Waals surface area contributed by atoms with Gasteiger partial charge in [0.25, 0.3) is 11.7 Å². The number of carbonyl (C=O) groups excluding carboxylic acids is 2. The van der Waals surface area contributed by atoms with Crippen LogP contribution in [-0.2, 0) is 9.59 Å². The molecule has 1 N–H and O–H groups in total. The van der Waals surface area contributed by atoms with E-state index >= 15 is 0 Å². The van der Waals surface area contributed by atoms with E-state index < -0.39 is 17.7 Å². The molecule has 1 atom stereocenters. The minimum atomic E-state index is -0.664. The van der Waals surface area contributed by atoms with Crippen molar-refractivity contribution in [1.29, 1.82) is 0 Å². The number of aliphatic hydroxyl groups excluding tert-OH is 1. The van der Waals surface area contributed by atoms with Crippen molar-refractivity contribution in [3.8, 4) is 5.75 Å². The van der Waals surface area contributed by atoms with Crippen molar-refractivity contribution < 1.29 is 19.4 Å². The summed E-state index contributed by atoms with van der Waals surface area (Å²) in [5, 5.41) is 11.0. The summed E-state index contributed by atoms with van der Waals surface area (Å²) in [7, 11) is 3.82. The molecular formula is C24H28N2O4. The molecule has 6 heteroatoms. The largest absolute Gasteiger partial charge is 0.507 e. The molecule has 0 bridgehead atoms. The van der Waals surface area contributed by atoms with Gasteiger partial charge in [-0.25, -0.2) is 0 Å². The van der Waals surface area contributed by atoms with Gasteiger partial charge < -0.3 is 19.6 Å². The number of likely N-dealkylation sites (N-methyl/N-ethyl adjacent to an activating group) is 1. The Bertz CT molecular complexity index is 933. The molecule has 0 radical (unpaired) electrons. The summed E-state index contributed by atoms with van der Waals surface area (Å²) in [5.74, 6) is -0.708. The van der Waals surface area contributed by atoms with Gasteiger partial charge in [-0.1, -0.05) is 42.5 Å². The van der Waals surface area contributed by atoms with Gasteiger partial charge in [0, 0.05) is 18.7 Å². The van der Waals surface area contributed by atoms with Crippen LogP contribution in [0, 0.1) is 0 Å². The van der Waals surface area contributed by atoms with Crippen LogP contribution in [0.15, 0.2) is 60.2 Å². The molecule has 6 nitrogen and oxygen atoms in total. The highest BCUT2D eigenvalue weighted by Gasteiger charge is 2.45. The Morgan fingerprint density at radius 1 is 1.07 bits per heavy atom. The third-order valence-corrected chi connectivity index (χ3v) is 4.94. The molecule has 1 heterocycles. The molecule has 1 amide bonds. The summed E-state index contributed by atoms with van der Waals surface area (Å²) in [6.45, 7) is 4.87.